The average Bonchev–Trinajstić information content (AvgIpc) is 3.01. The molecule has 2 N–H and O–H groups in total. The van der Waals surface area contributed by atoms with Crippen molar-refractivity contribution in [3.05, 3.63) is 0 Å². The predicted molar refractivity (Wildman–Crippen MR) is 81.6 cm³/mol. The highest BCUT2D eigenvalue weighted by Gasteiger charge is 2.26. The van der Waals surface area contributed by atoms with Gasteiger partial charge >= 0.3 is 0 Å². The van der Waals surface area contributed by atoms with E-state index in [0.29, 0.717) is 11.9 Å². The molecule has 0 spiro atoms. The molecule has 0 bridgehead atoms. The predicted octanol–water partition coefficient (Wildman–Crippen LogP) is 2.88. The topological polar surface area (TPSA) is 41.1 Å². The number of halogens is 1. The second-order valence-corrected chi connectivity index (χ2v) is 6.07. The van der Waals surface area contributed by atoms with Crippen molar-refractivity contribution in [2.24, 2.45) is 11.8 Å². The van der Waals surface area contributed by atoms with Crippen molar-refractivity contribution in [2.75, 3.05) is 13.1 Å². The Bertz CT molecular complexity index is 261. The maximum atomic E-state index is 12.3. The summed E-state index contributed by atoms with van der Waals surface area (Å²) in [6.07, 6.45) is 9.83. The molecule has 1 heterocycles. The van der Waals surface area contributed by atoms with Gasteiger partial charge in [-0.15, -0.1) is 12.4 Å². The molecule has 0 aromatic rings. The molecule has 19 heavy (non-hydrogen) atoms. The third kappa shape index (κ3) is 5.31. The smallest absolute Gasteiger partial charge is 0.223 e. The lowest BCUT2D eigenvalue weighted by Crippen LogP contribution is -2.40. The monoisotopic (exact) mass is 288 g/mol. The van der Waals surface area contributed by atoms with Crippen molar-refractivity contribution in [1.29, 1.82) is 0 Å². The average molecular weight is 289 g/mol. The molecule has 112 valence electrons. The van der Waals surface area contributed by atoms with E-state index in [-0.39, 0.29) is 18.3 Å². The largest absolute Gasteiger partial charge is 0.352 e. The van der Waals surface area contributed by atoms with Gasteiger partial charge in [0.05, 0.1) is 0 Å². The molecule has 2 fully saturated rings. The summed E-state index contributed by atoms with van der Waals surface area (Å²) in [5.74, 6) is 1.39. The molecule has 1 aliphatic carbocycles. The summed E-state index contributed by atoms with van der Waals surface area (Å²) in [5.41, 5.74) is 0. The molecule has 1 saturated carbocycles. The number of carbonyl (C=O) groups is 1. The van der Waals surface area contributed by atoms with Crippen molar-refractivity contribution >= 4 is 18.3 Å². The Balaban J connectivity index is 0.00000180. The van der Waals surface area contributed by atoms with E-state index in [2.05, 4.69) is 17.6 Å². The van der Waals surface area contributed by atoms with E-state index < -0.39 is 0 Å². The first-order valence-electron chi connectivity index (χ1n) is 7.80. The second-order valence-electron chi connectivity index (χ2n) is 6.07. The lowest BCUT2D eigenvalue weighted by Gasteiger charge is -2.21. The Morgan fingerprint density at radius 3 is 2.63 bits per heavy atom. The summed E-state index contributed by atoms with van der Waals surface area (Å²) in [5, 5.41) is 6.54. The molecule has 0 radical (unpaired) electrons. The van der Waals surface area contributed by atoms with Crippen LogP contribution < -0.4 is 10.6 Å². The first-order chi connectivity index (χ1) is 8.79. The summed E-state index contributed by atoms with van der Waals surface area (Å²) >= 11 is 0. The molecule has 0 aromatic carbocycles. The van der Waals surface area contributed by atoms with Crippen LogP contribution in [0, 0.1) is 11.8 Å². The molecule has 2 atom stereocenters. The van der Waals surface area contributed by atoms with E-state index in [1.54, 1.807) is 0 Å². The zero-order valence-electron chi connectivity index (χ0n) is 12.1. The van der Waals surface area contributed by atoms with E-state index in [4.69, 9.17) is 0 Å². The van der Waals surface area contributed by atoms with Crippen molar-refractivity contribution < 1.29 is 4.79 Å². The van der Waals surface area contributed by atoms with E-state index in [1.165, 1.54) is 25.7 Å². The van der Waals surface area contributed by atoms with Crippen LogP contribution in [0.4, 0.5) is 0 Å². The summed E-state index contributed by atoms with van der Waals surface area (Å²) in [7, 11) is 0. The lowest BCUT2D eigenvalue weighted by atomic mass is 9.89. The van der Waals surface area contributed by atoms with Crippen LogP contribution in [0.3, 0.4) is 0 Å². The molecule has 1 saturated heterocycles. The normalized spacial score (nSPS) is 25.0. The molecule has 1 amide bonds. The number of nitrogens with one attached hydrogen (secondary N) is 2. The number of amides is 1. The molecular weight excluding hydrogens is 260 g/mol. The van der Waals surface area contributed by atoms with Gasteiger partial charge in [0.25, 0.3) is 0 Å². The van der Waals surface area contributed by atoms with Crippen LogP contribution in [0.5, 0.6) is 0 Å². The van der Waals surface area contributed by atoms with E-state index in [1.807, 2.05) is 0 Å². The molecule has 4 heteroatoms. The quantitative estimate of drug-likeness (QED) is 0.789. The highest BCUT2D eigenvalue weighted by Crippen LogP contribution is 2.31. The van der Waals surface area contributed by atoms with Gasteiger partial charge in [0, 0.05) is 18.5 Å². The van der Waals surface area contributed by atoms with Gasteiger partial charge in [-0.1, -0.05) is 39.0 Å². The van der Waals surface area contributed by atoms with Crippen LogP contribution in [0.15, 0.2) is 0 Å². The highest BCUT2D eigenvalue weighted by molar-refractivity contribution is 5.85. The summed E-state index contributed by atoms with van der Waals surface area (Å²) < 4.78 is 0. The Hall–Kier alpha value is -0.280. The Morgan fingerprint density at radius 1 is 1.32 bits per heavy atom. The summed E-state index contributed by atoms with van der Waals surface area (Å²) in [6.45, 7) is 4.19. The first-order valence-corrected chi connectivity index (χ1v) is 7.80. The minimum absolute atomic E-state index is 0. The SMILES string of the molecule is CCCC(CC1CCCC1)C(=O)NC1CCNC1.Cl. The zero-order valence-corrected chi connectivity index (χ0v) is 12.9. The van der Waals surface area contributed by atoms with Gasteiger partial charge in [0.2, 0.25) is 5.91 Å². The maximum Gasteiger partial charge on any atom is 0.223 e. The standard InChI is InChI=1S/C15H28N2O.ClH/c1-2-5-13(10-12-6-3-4-7-12)15(18)17-14-8-9-16-11-14;/h12-14,16H,2-11H2,1H3,(H,17,18);1H. The van der Waals surface area contributed by atoms with Crippen molar-refractivity contribution in [2.45, 2.75) is 64.3 Å². The molecule has 3 nitrogen and oxygen atoms in total. The van der Waals surface area contributed by atoms with E-state index in [9.17, 15) is 4.79 Å². The lowest BCUT2D eigenvalue weighted by molar-refractivity contribution is -0.126. The highest BCUT2D eigenvalue weighted by atomic mass is 35.5. The maximum absolute atomic E-state index is 12.3. The van der Waals surface area contributed by atoms with Crippen LogP contribution in [-0.4, -0.2) is 25.0 Å². The Labute approximate surface area is 123 Å². The van der Waals surface area contributed by atoms with Gasteiger partial charge < -0.3 is 10.6 Å². The minimum atomic E-state index is 0. The molecule has 2 aliphatic rings. The summed E-state index contributed by atoms with van der Waals surface area (Å²) in [6, 6.07) is 0.375. The van der Waals surface area contributed by atoms with Gasteiger partial charge in [-0.2, -0.15) is 0 Å². The molecular formula is C15H29ClN2O. The van der Waals surface area contributed by atoms with E-state index >= 15 is 0 Å². The third-order valence-electron chi connectivity index (χ3n) is 4.51. The van der Waals surface area contributed by atoms with Gasteiger partial charge in [0.1, 0.15) is 0 Å². The van der Waals surface area contributed by atoms with Gasteiger partial charge in [-0.05, 0) is 31.7 Å². The molecule has 0 aromatic heterocycles. The zero-order chi connectivity index (χ0) is 12.8. The number of hydrogen-bond donors (Lipinski definition) is 2. The van der Waals surface area contributed by atoms with Crippen LogP contribution >= 0.6 is 12.4 Å². The number of rotatable bonds is 6. The van der Waals surface area contributed by atoms with Gasteiger partial charge in [-0.3, -0.25) is 4.79 Å². The fourth-order valence-electron chi connectivity index (χ4n) is 3.45. The molecule has 1 aliphatic heterocycles. The Morgan fingerprint density at radius 2 is 2.05 bits per heavy atom. The second kappa shape index (κ2) is 8.80. The first kappa shape index (κ1) is 16.8. The minimum Gasteiger partial charge on any atom is -0.352 e. The van der Waals surface area contributed by atoms with Crippen molar-refractivity contribution in [3.8, 4) is 0 Å². The van der Waals surface area contributed by atoms with Crippen LogP contribution in [0.1, 0.15) is 58.3 Å². The molecule has 2 rings (SSSR count). The van der Waals surface area contributed by atoms with Crippen molar-refractivity contribution in [3.63, 3.8) is 0 Å². The van der Waals surface area contributed by atoms with Gasteiger partial charge in [-0.25, -0.2) is 0 Å². The fourth-order valence-corrected chi connectivity index (χ4v) is 3.45. The number of hydrogen-bond acceptors (Lipinski definition) is 2. The Kier molecular flexibility index (Phi) is 7.77. The number of carbonyl (C=O) groups excluding carboxylic acids is 1. The molecule has 2 unspecified atom stereocenters. The third-order valence-corrected chi connectivity index (χ3v) is 4.51. The van der Waals surface area contributed by atoms with Gasteiger partial charge in [0.15, 0.2) is 0 Å². The van der Waals surface area contributed by atoms with Crippen LogP contribution in [0.2, 0.25) is 0 Å². The van der Waals surface area contributed by atoms with Crippen molar-refractivity contribution in [1.82, 2.24) is 10.6 Å². The summed E-state index contributed by atoms with van der Waals surface area (Å²) in [4.78, 5) is 12.3. The van der Waals surface area contributed by atoms with Crippen LogP contribution in [-0.2, 0) is 4.79 Å². The van der Waals surface area contributed by atoms with Crippen LogP contribution in [0.25, 0.3) is 0 Å². The fraction of sp³-hybridized carbons (Fsp3) is 0.933. The van der Waals surface area contributed by atoms with E-state index in [0.717, 1.165) is 44.7 Å².